The van der Waals surface area contributed by atoms with Gasteiger partial charge in [-0.15, -0.1) is 0 Å². The van der Waals surface area contributed by atoms with Gasteiger partial charge in [0.1, 0.15) is 11.9 Å². The van der Waals surface area contributed by atoms with Crippen LogP contribution in [-0.4, -0.2) is 28.0 Å². The zero-order chi connectivity index (χ0) is 16.8. The van der Waals surface area contributed by atoms with Crippen molar-refractivity contribution in [1.82, 2.24) is 15.3 Å². The van der Waals surface area contributed by atoms with E-state index in [1.165, 1.54) is 0 Å². The van der Waals surface area contributed by atoms with E-state index in [1.54, 1.807) is 20.0 Å². The van der Waals surface area contributed by atoms with Crippen LogP contribution in [-0.2, 0) is 16.1 Å². The molecule has 1 atom stereocenters. The van der Waals surface area contributed by atoms with Gasteiger partial charge in [-0.05, 0) is 11.5 Å². The van der Waals surface area contributed by atoms with Crippen LogP contribution < -0.4 is 11.1 Å². The lowest BCUT2D eigenvalue weighted by atomic mass is 10.0. The molecule has 1 heterocycles. The molecule has 0 bridgehead atoms. The second-order valence-electron chi connectivity index (χ2n) is 5.45. The third kappa shape index (κ3) is 4.57. The summed E-state index contributed by atoms with van der Waals surface area (Å²) in [6.07, 6.45) is 0.965. The lowest BCUT2D eigenvalue weighted by molar-refractivity contribution is -0.120. The summed E-state index contributed by atoms with van der Waals surface area (Å²) in [6, 6.07) is 8.92. The summed E-state index contributed by atoms with van der Waals surface area (Å²) in [5, 5.41) is 2.45. The molecule has 0 aliphatic rings. The van der Waals surface area contributed by atoms with E-state index in [0.717, 1.165) is 11.3 Å². The molecule has 1 aromatic carbocycles. The summed E-state index contributed by atoms with van der Waals surface area (Å²) in [5.74, 6) is -0.200. The van der Waals surface area contributed by atoms with Crippen LogP contribution >= 0.6 is 0 Å². The second-order valence-corrected chi connectivity index (χ2v) is 5.45. The molecule has 23 heavy (non-hydrogen) atoms. The van der Waals surface area contributed by atoms with Crippen LogP contribution in [0.4, 0.5) is 4.79 Å². The van der Waals surface area contributed by atoms with Gasteiger partial charge in [0.15, 0.2) is 6.61 Å². The molecule has 2 amide bonds. The van der Waals surface area contributed by atoms with Crippen molar-refractivity contribution < 1.29 is 14.3 Å². The molecular weight excluding hydrogens is 296 g/mol. The minimum Gasteiger partial charge on any atom is -0.441 e. The molecule has 0 saturated carbocycles. The zero-order valence-corrected chi connectivity index (χ0v) is 13.1. The molecule has 0 unspecified atom stereocenters. The summed E-state index contributed by atoms with van der Waals surface area (Å²) in [6.45, 7) is 3.55. The number of hydrogen-bond acceptors (Lipinski definition) is 4. The maximum atomic E-state index is 11.7. The predicted molar refractivity (Wildman–Crippen MR) is 85.2 cm³/mol. The van der Waals surface area contributed by atoms with E-state index in [4.69, 9.17) is 10.5 Å². The molecule has 7 nitrogen and oxygen atoms in total. The fourth-order valence-electron chi connectivity index (χ4n) is 2.07. The molecule has 7 heteroatoms. The average Bonchev–Trinajstić information content (AvgIpc) is 3.00. The Balaban J connectivity index is 1.90. The lowest BCUT2D eigenvalue weighted by Gasteiger charge is -2.18. The first-order valence-corrected chi connectivity index (χ1v) is 7.29. The number of alkyl carbamates (subject to hydrolysis) is 1. The molecule has 122 valence electrons. The summed E-state index contributed by atoms with van der Waals surface area (Å²) in [7, 11) is 0. The number of H-pyrrole nitrogens is 1. The van der Waals surface area contributed by atoms with Gasteiger partial charge in [0, 0.05) is 0 Å². The number of primary amides is 1. The number of imidazole rings is 1. The number of hydrogen-bond donors (Lipinski definition) is 3. The van der Waals surface area contributed by atoms with Crippen LogP contribution in [0.3, 0.4) is 0 Å². The van der Waals surface area contributed by atoms with Crippen molar-refractivity contribution in [3.05, 3.63) is 42.4 Å². The van der Waals surface area contributed by atoms with Crippen molar-refractivity contribution >= 4 is 12.0 Å². The normalized spacial score (nSPS) is 12.0. The molecule has 0 radical (unpaired) electrons. The third-order valence-corrected chi connectivity index (χ3v) is 3.30. The number of nitrogens with zero attached hydrogens (tertiary/aromatic N) is 1. The number of carbonyl (C=O) groups is 2. The Labute approximate surface area is 134 Å². The smallest absolute Gasteiger partial charge is 0.408 e. The number of aromatic amines is 1. The van der Waals surface area contributed by atoms with Gasteiger partial charge in [0.2, 0.25) is 5.91 Å². The van der Waals surface area contributed by atoms with E-state index < -0.39 is 18.0 Å². The van der Waals surface area contributed by atoms with E-state index in [9.17, 15) is 9.59 Å². The number of rotatable bonds is 6. The average molecular weight is 316 g/mol. The molecule has 1 aromatic heterocycles. The van der Waals surface area contributed by atoms with E-state index in [2.05, 4.69) is 15.3 Å². The number of carbonyl (C=O) groups excluding carboxylic acids is 2. The van der Waals surface area contributed by atoms with Crippen molar-refractivity contribution in [2.45, 2.75) is 26.5 Å². The lowest BCUT2D eigenvalue weighted by Crippen LogP contribution is -2.47. The quantitative estimate of drug-likeness (QED) is 0.754. The zero-order valence-electron chi connectivity index (χ0n) is 13.1. The second kappa shape index (κ2) is 7.44. The maximum absolute atomic E-state index is 11.7. The number of amides is 2. The van der Waals surface area contributed by atoms with Crippen LogP contribution in [0.15, 0.2) is 36.5 Å². The van der Waals surface area contributed by atoms with Gasteiger partial charge in [-0.2, -0.15) is 0 Å². The topological polar surface area (TPSA) is 110 Å². The molecule has 0 aliphatic carbocycles. The Morgan fingerprint density at radius 3 is 2.61 bits per heavy atom. The van der Waals surface area contributed by atoms with Crippen molar-refractivity contribution in [3.8, 4) is 11.3 Å². The summed E-state index contributed by atoms with van der Waals surface area (Å²) in [5.41, 5.74) is 7.06. The molecule has 0 fully saturated rings. The largest absolute Gasteiger partial charge is 0.441 e. The Hall–Kier alpha value is -2.83. The van der Waals surface area contributed by atoms with Gasteiger partial charge in [-0.3, -0.25) is 4.79 Å². The van der Waals surface area contributed by atoms with Gasteiger partial charge >= 0.3 is 6.09 Å². The Bertz CT molecular complexity index is 667. The van der Waals surface area contributed by atoms with Gasteiger partial charge < -0.3 is 20.8 Å². The van der Waals surface area contributed by atoms with E-state index in [-0.39, 0.29) is 12.5 Å². The summed E-state index contributed by atoms with van der Waals surface area (Å²) < 4.78 is 5.06. The Morgan fingerprint density at radius 1 is 1.30 bits per heavy atom. The molecule has 2 rings (SSSR count). The molecular formula is C16H20N4O3. The first-order valence-electron chi connectivity index (χ1n) is 7.29. The van der Waals surface area contributed by atoms with Crippen LogP contribution in [0.5, 0.6) is 0 Å². The SMILES string of the molecule is CC(C)[C@H](NC(=O)OCc1ncc(-c2ccccc2)[nH]1)C(N)=O. The molecule has 0 spiro atoms. The van der Waals surface area contributed by atoms with Crippen LogP contribution in [0.2, 0.25) is 0 Å². The molecule has 0 aliphatic heterocycles. The highest BCUT2D eigenvalue weighted by molar-refractivity contribution is 5.84. The number of nitrogens with two attached hydrogens (primary N) is 1. The van der Waals surface area contributed by atoms with Gasteiger partial charge in [0.25, 0.3) is 0 Å². The summed E-state index contributed by atoms with van der Waals surface area (Å²) >= 11 is 0. The van der Waals surface area contributed by atoms with Crippen LogP contribution in [0.25, 0.3) is 11.3 Å². The van der Waals surface area contributed by atoms with Gasteiger partial charge in [0.05, 0.1) is 11.9 Å². The Morgan fingerprint density at radius 2 is 2.00 bits per heavy atom. The third-order valence-electron chi connectivity index (χ3n) is 3.30. The first kappa shape index (κ1) is 16.5. The predicted octanol–water partition coefficient (Wildman–Crippen LogP) is 1.81. The number of benzene rings is 1. The number of ether oxygens (including phenoxy) is 1. The van der Waals surface area contributed by atoms with Gasteiger partial charge in [-0.1, -0.05) is 44.2 Å². The van der Waals surface area contributed by atoms with Crippen LogP contribution in [0, 0.1) is 5.92 Å². The molecule has 0 saturated heterocycles. The first-order chi connectivity index (χ1) is 11.0. The fraction of sp³-hybridized carbons (Fsp3) is 0.312. The van der Waals surface area contributed by atoms with Crippen molar-refractivity contribution in [1.29, 1.82) is 0 Å². The monoisotopic (exact) mass is 316 g/mol. The minimum absolute atomic E-state index is 0.0256. The molecule has 4 N–H and O–H groups in total. The van der Waals surface area contributed by atoms with Crippen molar-refractivity contribution in [2.24, 2.45) is 11.7 Å². The standard InChI is InChI=1S/C16H20N4O3/c1-10(2)14(15(17)21)20-16(22)23-9-13-18-8-12(19-13)11-6-4-3-5-7-11/h3-8,10,14H,9H2,1-2H3,(H2,17,21)(H,18,19)(H,20,22)/t14-/m0/s1. The van der Waals surface area contributed by atoms with Gasteiger partial charge in [-0.25, -0.2) is 9.78 Å². The van der Waals surface area contributed by atoms with Crippen molar-refractivity contribution in [3.63, 3.8) is 0 Å². The highest BCUT2D eigenvalue weighted by Crippen LogP contribution is 2.16. The highest BCUT2D eigenvalue weighted by Gasteiger charge is 2.22. The molecule has 2 aromatic rings. The van der Waals surface area contributed by atoms with Crippen molar-refractivity contribution in [2.75, 3.05) is 0 Å². The maximum Gasteiger partial charge on any atom is 0.408 e. The number of nitrogens with one attached hydrogen (secondary N) is 2. The van der Waals surface area contributed by atoms with E-state index in [0.29, 0.717) is 5.82 Å². The fourth-order valence-corrected chi connectivity index (χ4v) is 2.07. The highest BCUT2D eigenvalue weighted by atomic mass is 16.5. The minimum atomic E-state index is -0.765. The Kier molecular flexibility index (Phi) is 5.35. The van der Waals surface area contributed by atoms with Crippen LogP contribution in [0.1, 0.15) is 19.7 Å². The van der Waals surface area contributed by atoms with E-state index >= 15 is 0 Å². The van der Waals surface area contributed by atoms with E-state index in [1.807, 2.05) is 30.3 Å². The number of aromatic nitrogens is 2. The summed E-state index contributed by atoms with van der Waals surface area (Å²) in [4.78, 5) is 30.2.